The van der Waals surface area contributed by atoms with Gasteiger partial charge in [0.25, 0.3) is 0 Å². The number of carbonyl (C=O) groups is 2. The molecule has 1 amide bonds. The first-order chi connectivity index (χ1) is 10.7. The number of halogens is 3. The summed E-state index contributed by atoms with van der Waals surface area (Å²) in [6.07, 6.45) is -5.01. The molecule has 0 saturated carbocycles. The number of amides is 1. The van der Waals surface area contributed by atoms with Gasteiger partial charge in [0.1, 0.15) is 0 Å². The number of hydrogen-bond acceptors (Lipinski definition) is 3. The van der Waals surface area contributed by atoms with Gasteiger partial charge in [-0.05, 0) is 24.5 Å². The number of likely N-dealkylation sites (tertiary alicyclic amines) is 1. The van der Waals surface area contributed by atoms with Crippen molar-refractivity contribution in [1.82, 2.24) is 4.90 Å². The Morgan fingerprint density at radius 2 is 2.00 bits per heavy atom. The highest BCUT2D eigenvalue weighted by atomic mass is 32.2. The van der Waals surface area contributed by atoms with Crippen molar-refractivity contribution in [3.05, 3.63) is 29.8 Å². The number of thioether (sulfide) groups is 1. The monoisotopic (exact) mass is 345 g/mol. The summed E-state index contributed by atoms with van der Waals surface area (Å²) in [6.45, 7) is -0.990. The zero-order valence-electron chi connectivity index (χ0n) is 12.0. The van der Waals surface area contributed by atoms with Crippen molar-refractivity contribution in [2.75, 3.05) is 13.1 Å². The molecule has 23 heavy (non-hydrogen) atoms. The van der Waals surface area contributed by atoms with Gasteiger partial charge < -0.3 is 10.0 Å². The third-order valence-corrected chi connectivity index (χ3v) is 5.76. The Hall–Kier alpha value is -1.70. The lowest BCUT2D eigenvalue weighted by Crippen LogP contribution is -2.48. The summed E-state index contributed by atoms with van der Waals surface area (Å²) in [7, 11) is 0. The Labute approximate surface area is 134 Å². The average Bonchev–Trinajstić information content (AvgIpc) is 3.10. The quantitative estimate of drug-likeness (QED) is 0.895. The van der Waals surface area contributed by atoms with Crippen molar-refractivity contribution in [2.24, 2.45) is 5.41 Å². The minimum atomic E-state index is -4.88. The Bertz CT molecular complexity index is 639. The molecule has 1 saturated heterocycles. The number of aliphatic carboxylic acids is 1. The van der Waals surface area contributed by atoms with Gasteiger partial charge in [0.05, 0.1) is 5.25 Å². The van der Waals surface area contributed by atoms with Crippen molar-refractivity contribution < 1.29 is 27.9 Å². The predicted octanol–water partition coefficient (Wildman–Crippen LogP) is 2.57. The summed E-state index contributed by atoms with van der Waals surface area (Å²) < 4.78 is 39.5. The van der Waals surface area contributed by atoms with Crippen LogP contribution in [0.25, 0.3) is 0 Å². The molecule has 2 aliphatic rings. The highest BCUT2D eigenvalue weighted by Gasteiger charge is 2.64. The van der Waals surface area contributed by atoms with Crippen LogP contribution in [0.15, 0.2) is 29.2 Å². The maximum Gasteiger partial charge on any atom is 0.406 e. The smallest absolute Gasteiger partial charge is 0.406 e. The Morgan fingerprint density at radius 1 is 1.30 bits per heavy atom. The third kappa shape index (κ3) is 2.58. The first-order valence-corrected chi connectivity index (χ1v) is 7.96. The molecule has 0 aromatic heterocycles. The van der Waals surface area contributed by atoms with Crippen LogP contribution in [-0.2, 0) is 16.0 Å². The van der Waals surface area contributed by atoms with Crippen LogP contribution in [0.3, 0.4) is 0 Å². The van der Waals surface area contributed by atoms with Crippen LogP contribution in [0, 0.1) is 5.41 Å². The van der Waals surface area contributed by atoms with Crippen LogP contribution in [0.1, 0.15) is 12.0 Å². The largest absolute Gasteiger partial charge is 0.481 e. The molecule has 2 heterocycles. The van der Waals surface area contributed by atoms with Crippen molar-refractivity contribution in [3.8, 4) is 0 Å². The van der Waals surface area contributed by atoms with Crippen LogP contribution < -0.4 is 0 Å². The van der Waals surface area contributed by atoms with E-state index in [4.69, 9.17) is 5.11 Å². The van der Waals surface area contributed by atoms with Gasteiger partial charge in [-0.15, -0.1) is 11.8 Å². The van der Waals surface area contributed by atoms with E-state index in [1.807, 2.05) is 24.3 Å². The van der Waals surface area contributed by atoms with E-state index in [-0.39, 0.29) is 6.54 Å². The summed E-state index contributed by atoms with van der Waals surface area (Å²) in [5, 5.41) is 8.56. The van der Waals surface area contributed by atoms with Crippen molar-refractivity contribution in [2.45, 2.75) is 29.2 Å². The SMILES string of the molecule is O=C(C1Cc2ccccc2S1)N1CCC(C(=O)O)(C(F)(F)F)C1. The van der Waals surface area contributed by atoms with E-state index >= 15 is 0 Å². The Balaban J connectivity index is 1.75. The van der Waals surface area contributed by atoms with Crippen molar-refractivity contribution in [3.63, 3.8) is 0 Å². The van der Waals surface area contributed by atoms with Gasteiger partial charge in [0.2, 0.25) is 5.91 Å². The fraction of sp³-hybridized carbons (Fsp3) is 0.467. The average molecular weight is 345 g/mol. The van der Waals surface area contributed by atoms with Crippen LogP contribution in [0.2, 0.25) is 0 Å². The molecule has 4 nitrogen and oxygen atoms in total. The molecule has 1 fully saturated rings. The lowest BCUT2D eigenvalue weighted by atomic mass is 9.86. The topological polar surface area (TPSA) is 57.6 Å². The van der Waals surface area contributed by atoms with Crippen molar-refractivity contribution in [1.29, 1.82) is 0 Å². The summed E-state index contributed by atoms with van der Waals surface area (Å²) in [6, 6.07) is 7.44. The number of carboxylic acid groups (broad SMARTS) is 1. The Kier molecular flexibility index (Phi) is 3.82. The highest BCUT2D eigenvalue weighted by Crippen LogP contribution is 2.47. The van der Waals surface area contributed by atoms with E-state index in [2.05, 4.69) is 0 Å². The molecule has 124 valence electrons. The minimum absolute atomic E-state index is 0.182. The van der Waals surface area contributed by atoms with E-state index in [1.165, 1.54) is 11.8 Å². The molecule has 2 unspecified atom stereocenters. The fourth-order valence-electron chi connectivity index (χ4n) is 3.05. The van der Waals surface area contributed by atoms with E-state index in [0.29, 0.717) is 6.42 Å². The highest BCUT2D eigenvalue weighted by molar-refractivity contribution is 8.01. The molecule has 1 aromatic rings. The second-order valence-corrected chi connectivity index (χ2v) is 7.06. The van der Waals surface area contributed by atoms with Gasteiger partial charge in [-0.2, -0.15) is 13.2 Å². The lowest BCUT2D eigenvalue weighted by Gasteiger charge is -2.27. The van der Waals surface area contributed by atoms with E-state index < -0.39 is 41.7 Å². The van der Waals surface area contributed by atoms with Gasteiger partial charge in [0.15, 0.2) is 5.41 Å². The number of fused-ring (bicyclic) bond motifs is 1. The summed E-state index contributed by atoms with van der Waals surface area (Å²) in [5.41, 5.74) is -1.85. The van der Waals surface area contributed by atoms with Gasteiger partial charge >= 0.3 is 12.1 Å². The number of carboxylic acids is 1. The van der Waals surface area contributed by atoms with Gasteiger partial charge in [-0.3, -0.25) is 9.59 Å². The molecule has 0 radical (unpaired) electrons. The molecular weight excluding hydrogens is 331 g/mol. The number of hydrogen-bond donors (Lipinski definition) is 1. The first-order valence-electron chi connectivity index (χ1n) is 7.08. The zero-order chi connectivity index (χ0) is 16.8. The van der Waals surface area contributed by atoms with E-state index in [1.54, 1.807) is 0 Å². The molecule has 2 aliphatic heterocycles. The van der Waals surface area contributed by atoms with E-state index in [9.17, 15) is 22.8 Å². The molecule has 0 aliphatic carbocycles. The summed E-state index contributed by atoms with van der Waals surface area (Å²) >= 11 is 1.33. The van der Waals surface area contributed by atoms with Gasteiger partial charge in [-0.1, -0.05) is 18.2 Å². The molecule has 1 aromatic carbocycles. The molecular formula is C15H14F3NO3S. The molecule has 0 bridgehead atoms. The number of carbonyl (C=O) groups excluding carboxylic acids is 1. The molecule has 8 heteroatoms. The predicted molar refractivity (Wildman–Crippen MR) is 77.1 cm³/mol. The number of rotatable bonds is 2. The summed E-state index contributed by atoms with van der Waals surface area (Å²) in [4.78, 5) is 25.7. The number of benzene rings is 1. The molecule has 0 spiro atoms. The molecule has 2 atom stereocenters. The van der Waals surface area contributed by atoms with Crippen LogP contribution >= 0.6 is 11.8 Å². The lowest BCUT2D eigenvalue weighted by molar-refractivity contribution is -0.227. The van der Waals surface area contributed by atoms with Crippen LogP contribution in [0.4, 0.5) is 13.2 Å². The minimum Gasteiger partial charge on any atom is -0.481 e. The number of nitrogens with zero attached hydrogens (tertiary/aromatic N) is 1. The van der Waals surface area contributed by atoms with Gasteiger partial charge in [-0.25, -0.2) is 0 Å². The molecule has 3 rings (SSSR count). The van der Waals surface area contributed by atoms with Crippen molar-refractivity contribution >= 4 is 23.6 Å². The normalized spacial score (nSPS) is 27.1. The first kappa shape index (κ1) is 16.2. The Morgan fingerprint density at radius 3 is 2.57 bits per heavy atom. The van der Waals surface area contributed by atoms with Gasteiger partial charge in [0, 0.05) is 18.0 Å². The van der Waals surface area contributed by atoms with Crippen LogP contribution in [0.5, 0.6) is 0 Å². The number of alkyl halides is 3. The summed E-state index contributed by atoms with van der Waals surface area (Å²) in [5.74, 6) is -2.33. The second kappa shape index (κ2) is 5.43. The second-order valence-electron chi connectivity index (χ2n) is 5.81. The fourth-order valence-corrected chi connectivity index (χ4v) is 4.33. The van der Waals surface area contributed by atoms with E-state index in [0.717, 1.165) is 15.4 Å². The third-order valence-electron chi connectivity index (χ3n) is 4.46. The maximum absolute atomic E-state index is 13.2. The zero-order valence-corrected chi connectivity index (χ0v) is 12.8. The standard InChI is InChI=1S/C15H14F3NO3S/c16-15(17,18)14(13(21)22)5-6-19(8-14)12(20)11-7-9-3-1-2-4-10(9)23-11/h1-4,11H,5-8H2,(H,21,22). The molecule has 1 N–H and O–H groups in total. The van der Waals surface area contributed by atoms with Crippen LogP contribution in [-0.4, -0.2) is 46.4 Å². The maximum atomic E-state index is 13.2.